The predicted molar refractivity (Wildman–Crippen MR) is 91.4 cm³/mol. The fourth-order valence-corrected chi connectivity index (χ4v) is 3.40. The first kappa shape index (κ1) is 16.0. The van der Waals surface area contributed by atoms with E-state index in [0.29, 0.717) is 25.4 Å². The number of ether oxygens (including phenoxy) is 1. The second-order valence-corrected chi connectivity index (χ2v) is 6.54. The van der Waals surface area contributed by atoms with Crippen LogP contribution >= 0.6 is 11.8 Å². The van der Waals surface area contributed by atoms with Crippen LogP contribution in [0.5, 0.6) is 0 Å². The van der Waals surface area contributed by atoms with E-state index in [9.17, 15) is 4.79 Å². The summed E-state index contributed by atoms with van der Waals surface area (Å²) in [5.74, 6) is 0.635. The molecule has 0 aliphatic carbocycles. The number of aromatic nitrogens is 1. The number of rotatable bonds is 5. The van der Waals surface area contributed by atoms with Crippen molar-refractivity contribution in [3.63, 3.8) is 0 Å². The molecule has 0 N–H and O–H groups in total. The van der Waals surface area contributed by atoms with Gasteiger partial charge in [-0.2, -0.15) is 0 Å². The molecule has 4 nitrogen and oxygen atoms in total. The van der Waals surface area contributed by atoms with Gasteiger partial charge in [0.1, 0.15) is 0 Å². The topological polar surface area (TPSA) is 42.4 Å². The monoisotopic (exact) mass is 328 g/mol. The quantitative estimate of drug-likeness (QED) is 0.792. The summed E-state index contributed by atoms with van der Waals surface area (Å²) in [5, 5.41) is 0. The highest BCUT2D eigenvalue weighted by atomic mass is 32.2. The molecule has 5 heteroatoms. The summed E-state index contributed by atoms with van der Waals surface area (Å²) < 4.78 is 5.82. The molecule has 3 rings (SSSR count). The Morgan fingerprint density at radius 1 is 1.22 bits per heavy atom. The van der Waals surface area contributed by atoms with Gasteiger partial charge in [0.05, 0.1) is 18.5 Å². The van der Waals surface area contributed by atoms with Gasteiger partial charge in [0.2, 0.25) is 5.91 Å². The lowest BCUT2D eigenvalue weighted by Crippen LogP contribution is -2.47. The third kappa shape index (κ3) is 4.81. The van der Waals surface area contributed by atoms with E-state index in [4.69, 9.17) is 4.74 Å². The summed E-state index contributed by atoms with van der Waals surface area (Å²) in [4.78, 5) is 19.4. The zero-order valence-corrected chi connectivity index (χ0v) is 13.7. The SMILES string of the molecule is O=C(CSc1ccncc1)N1CCOC(Cc2ccccc2)C1. The minimum absolute atomic E-state index is 0.0843. The smallest absolute Gasteiger partial charge is 0.233 e. The van der Waals surface area contributed by atoms with E-state index in [0.717, 1.165) is 11.3 Å². The van der Waals surface area contributed by atoms with Crippen LogP contribution in [0.3, 0.4) is 0 Å². The van der Waals surface area contributed by atoms with Crippen molar-refractivity contribution in [2.75, 3.05) is 25.4 Å². The number of amides is 1. The van der Waals surface area contributed by atoms with Crippen molar-refractivity contribution < 1.29 is 9.53 Å². The van der Waals surface area contributed by atoms with Gasteiger partial charge in [0.15, 0.2) is 0 Å². The highest BCUT2D eigenvalue weighted by molar-refractivity contribution is 8.00. The molecule has 2 heterocycles. The standard InChI is InChI=1S/C18H20N2O2S/c21-18(14-23-17-6-8-19-9-7-17)20-10-11-22-16(13-20)12-15-4-2-1-3-5-15/h1-9,16H,10-14H2. The highest BCUT2D eigenvalue weighted by Gasteiger charge is 2.24. The van der Waals surface area contributed by atoms with Gasteiger partial charge in [-0.05, 0) is 17.7 Å². The third-order valence-corrected chi connectivity index (χ3v) is 4.81. The van der Waals surface area contributed by atoms with Crippen molar-refractivity contribution in [1.29, 1.82) is 0 Å². The number of carbonyl (C=O) groups excluding carboxylic acids is 1. The first-order chi connectivity index (χ1) is 11.3. The fraction of sp³-hybridized carbons (Fsp3) is 0.333. The lowest BCUT2D eigenvalue weighted by molar-refractivity contribution is -0.135. The van der Waals surface area contributed by atoms with Crippen LogP contribution in [-0.2, 0) is 16.0 Å². The molecule has 120 valence electrons. The molecule has 1 atom stereocenters. The molecule has 1 aliphatic rings. The van der Waals surface area contributed by atoms with E-state index >= 15 is 0 Å². The maximum atomic E-state index is 12.4. The van der Waals surface area contributed by atoms with Crippen LogP contribution in [0.2, 0.25) is 0 Å². The van der Waals surface area contributed by atoms with Crippen LogP contribution in [0.15, 0.2) is 59.8 Å². The van der Waals surface area contributed by atoms with Crippen LogP contribution in [0, 0.1) is 0 Å². The Morgan fingerprint density at radius 3 is 2.78 bits per heavy atom. The Hall–Kier alpha value is -1.85. The zero-order chi connectivity index (χ0) is 15.9. The van der Waals surface area contributed by atoms with Gasteiger partial charge in [-0.1, -0.05) is 30.3 Å². The first-order valence-corrected chi connectivity index (χ1v) is 8.76. The summed E-state index contributed by atoms with van der Waals surface area (Å²) in [7, 11) is 0. The number of pyridine rings is 1. The average molecular weight is 328 g/mol. The number of hydrogen-bond acceptors (Lipinski definition) is 4. The van der Waals surface area contributed by atoms with E-state index in [1.54, 1.807) is 24.2 Å². The van der Waals surface area contributed by atoms with Gasteiger partial charge in [-0.15, -0.1) is 11.8 Å². The Kier molecular flexibility index (Phi) is 5.66. The summed E-state index contributed by atoms with van der Waals surface area (Å²) in [6, 6.07) is 14.1. The van der Waals surface area contributed by atoms with Gasteiger partial charge in [-0.25, -0.2) is 0 Å². The molecule has 1 aromatic carbocycles. The second-order valence-electron chi connectivity index (χ2n) is 5.49. The summed E-state index contributed by atoms with van der Waals surface area (Å²) >= 11 is 1.56. The maximum Gasteiger partial charge on any atom is 0.233 e. The molecule has 0 radical (unpaired) electrons. The predicted octanol–water partition coefficient (Wildman–Crippen LogP) is 2.64. The van der Waals surface area contributed by atoms with Gasteiger partial charge in [0, 0.05) is 36.8 Å². The van der Waals surface area contributed by atoms with Gasteiger partial charge < -0.3 is 9.64 Å². The Bertz CT molecular complexity index is 621. The van der Waals surface area contributed by atoms with Crippen molar-refractivity contribution in [1.82, 2.24) is 9.88 Å². The first-order valence-electron chi connectivity index (χ1n) is 7.77. The molecule has 23 heavy (non-hydrogen) atoms. The molecule has 0 spiro atoms. The Morgan fingerprint density at radius 2 is 2.00 bits per heavy atom. The van der Waals surface area contributed by atoms with Crippen LogP contribution < -0.4 is 0 Å². The van der Waals surface area contributed by atoms with E-state index in [-0.39, 0.29) is 12.0 Å². The molecule has 1 amide bonds. The molecule has 1 aliphatic heterocycles. The number of thioether (sulfide) groups is 1. The van der Waals surface area contributed by atoms with Crippen LogP contribution in [0.1, 0.15) is 5.56 Å². The molecule has 1 unspecified atom stereocenters. The molecule has 1 aromatic heterocycles. The maximum absolute atomic E-state index is 12.4. The lowest BCUT2D eigenvalue weighted by Gasteiger charge is -2.33. The van der Waals surface area contributed by atoms with E-state index < -0.39 is 0 Å². The van der Waals surface area contributed by atoms with Gasteiger partial charge >= 0.3 is 0 Å². The van der Waals surface area contributed by atoms with Crippen LogP contribution in [0.25, 0.3) is 0 Å². The molecule has 1 fully saturated rings. The highest BCUT2D eigenvalue weighted by Crippen LogP contribution is 2.18. The number of morpholine rings is 1. The van der Waals surface area contributed by atoms with Gasteiger partial charge in [-0.3, -0.25) is 9.78 Å². The van der Waals surface area contributed by atoms with E-state index in [2.05, 4.69) is 17.1 Å². The van der Waals surface area contributed by atoms with Crippen molar-refractivity contribution in [3.05, 3.63) is 60.4 Å². The molecular formula is C18H20N2O2S. The molecule has 0 bridgehead atoms. The summed E-state index contributed by atoms with van der Waals surface area (Å²) in [6.45, 7) is 1.97. The largest absolute Gasteiger partial charge is 0.374 e. The Balaban J connectivity index is 1.50. The molecular weight excluding hydrogens is 308 g/mol. The number of hydrogen-bond donors (Lipinski definition) is 0. The van der Waals surface area contributed by atoms with Crippen molar-refractivity contribution in [2.24, 2.45) is 0 Å². The Labute approximate surface area is 140 Å². The van der Waals surface area contributed by atoms with Crippen molar-refractivity contribution >= 4 is 17.7 Å². The average Bonchev–Trinajstić information content (AvgIpc) is 2.62. The minimum Gasteiger partial charge on any atom is -0.374 e. The normalized spacial score (nSPS) is 17.9. The van der Waals surface area contributed by atoms with Crippen LogP contribution in [0.4, 0.5) is 0 Å². The molecule has 1 saturated heterocycles. The van der Waals surface area contributed by atoms with Crippen molar-refractivity contribution in [2.45, 2.75) is 17.4 Å². The number of carbonyl (C=O) groups is 1. The van der Waals surface area contributed by atoms with E-state index in [1.165, 1.54) is 5.56 Å². The summed E-state index contributed by atoms with van der Waals surface area (Å²) in [6.07, 6.45) is 4.43. The van der Waals surface area contributed by atoms with E-state index in [1.807, 2.05) is 35.2 Å². The van der Waals surface area contributed by atoms with Crippen LogP contribution in [-0.4, -0.2) is 47.3 Å². The zero-order valence-electron chi connectivity index (χ0n) is 12.9. The fourth-order valence-electron chi connectivity index (χ4n) is 2.62. The minimum atomic E-state index is 0.0843. The van der Waals surface area contributed by atoms with Crippen molar-refractivity contribution in [3.8, 4) is 0 Å². The lowest BCUT2D eigenvalue weighted by atomic mass is 10.1. The number of benzene rings is 1. The third-order valence-electron chi connectivity index (χ3n) is 3.81. The number of nitrogens with zero attached hydrogens (tertiary/aromatic N) is 2. The molecule has 2 aromatic rings. The van der Waals surface area contributed by atoms with Gasteiger partial charge in [0.25, 0.3) is 0 Å². The summed E-state index contributed by atoms with van der Waals surface area (Å²) in [5.41, 5.74) is 1.25. The second kappa shape index (κ2) is 8.13. The molecule has 0 saturated carbocycles.